The van der Waals surface area contributed by atoms with Crippen LogP contribution >= 0.6 is 0 Å². The Bertz CT molecular complexity index is 1460. The summed E-state index contributed by atoms with van der Waals surface area (Å²) in [5.41, 5.74) is 4.43. The van der Waals surface area contributed by atoms with E-state index in [1.54, 1.807) is 13.0 Å². The normalized spacial score (nSPS) is 11.5. The molecule has 0 radical (unpaired) electrons. The van der Waals surface area contributed by atoms with Gasteiger partial charge in [-0.2, -0.15) is 0 Å². The van der Waals surface area contributed by atoms with Crippen molar-refractivity contribution in [1.82, 2.24) is 0 Å². The fraction of sp³-hybridized carbons (Fsp3) is 0.0667. The maximum atomic E-state index is 14.7. The number of hydrogen-bond acceptors (Lipinski definition) is 0. The Morgan fingerprint density at radius 2 is 1.11 bits per heavy atom. The average Bonchev–Trinajstić information content (AvgIpc) is 2.86. The molecule has 0 aromatic heterocycles. The maximum Gasteiger partial charge on any atom is 0.194 e. The van der Waals surface area contributed by atoms with Crippen LogP contribution in [0, 0.1) is 43.1 Å². The van der Waals surface area contributed by atoms with E-state index in [4.69, 9.17) is 0 Å². The van der Waals surface area contributed by atoms with Crippen molar-refractivity contribution in [3.05, 3.63) is 130 Å². The molecule has 0 saturated carbocycles. The molecule has 0 atom stereocenters. The van der Waals surface area contributed by atoms with Crippen molar-refractivity contribution in [2.24, 2.45) is 0 Å². The second-order valence-corrected chi connectivity index (χ2v) is 8.10. The van der Waals surface area contributed by atoms with Gasteiger partial charge in [0, 0.05) is 22.3 Å². The van der Waals surface area contributed by atoms with Crippen LogP contribution in [0.15, 0.2) is 78.9 Å². The minimum absolute atomic E-state index is 0.102. The summed E-state index contributed by atoms with van der Waals surface area (Å²) < 4.78 is 69.3. The fourth-order valence-electron chi connectivity index (χ4n) is 3.57. The molecule has 4 aromatic carbocycles. The van der Waals surface area contributed by atoms with Crippen LogP contribution < -0.4 is 0 Å². The average molecular weight is 474 g/mol. The second kappa shape index (κ2) is 9.99. The molecule has 35 heavy (non-hydrogen) atoms. The van der Waals surface area contributed by atoms with Gasteiger partial charge in [0.25, 0.3) is 0 Å². The Hall–Kier alpha value is -4.17. The van der Waals surface area contributed by atoms with Crippen LogP contribution in [0.3, 0.4) is 0 Å². The van der Waals surface area contributed by atoms with E-state index in [1.807, 2.05) is 55.5 Å². The summed E-state index contributed by atoms with van der Waals surface area (Å²) in [4.78, 5) is 0. The monoisotopic (exact) mass is 474 g/mol. The first kappa shape index (κ1) is 24.0. The minimum atomic E-state index is -1.74. The fourth-order valence-corrected chi connectivity index (χ4v) is 3.57. The highest BCUT2D eigenvalue weighted by Gasteiger charge is 2.18. The molecule has 0 spiro atoms. The number of benzene rings is 4. The molecule has 0 aliphatic rings. The molecule has 0 unspecified atom stereocenters. The highest BCUT2D eigenvalue weighted by Crippen LogP contribution is 2.33. The third-order valence-corrected chi connectivity index (χ3v) is 5.51. The standard InChI is InChI=1S/C30H19F5/c1-18-3-5-20(6-4-18)7-8-21-9-11-22(12-10-21)25-14-13-23(15-19(25)2)28(33)29(34)24-16-26(31)30(35)27(32)17-24/h3-6,9-17H,1-2H3/b29-28+. The van der Waals surface area contributed by atoms with E-state index in [-0.39, 0.29) is 5.56 Å². The zero-order chi connectivity index (χ0) is 25.1. The van der Waals surface area contributed by atoms with E-state index < -0.39 is 34.7 Å². The van der Waals surface area contributed by atoms with Crippen LogP contribution in [0.2, 0.25) is 0 Å². The quantitative estimate of drug-likeness (QED) is 0.121. The third kappa shape index (κ3) is 5.33. The van der Waals surface area contributed by atoms with Gasteiger partial charge < -0.3 is 0 Å². The Morgan fingerprint density at radius 3 is 1.66 bits per heavy atom. The largest absolute Gasteiger partial charge is 0.204 e. The molecule has 0 heterocycles. The zero-order valence-corrected chi connectivity index (χ0v) is 18.9. The van der Waals surface area contributed by atoms with Crippen molar-refractivity contribution >= 4 is 11.7 Å². The number of hydrogen-bond donors (Lipinski definition) is 0. The molecule has 174 valence electrons. The van der Waals surface area contributed by atoms with Crippen molar-refractivity contribution in [2.45, 2.75) is 13.8 Å². The van der Waals surface area contributed by atoms with Gasteiger partial charge in [-0.1, -0.05) is 53.8 Å². The molecule has 0 saturated heterocycles. The van der Waals surface area contributed by atoms with E-state index in [9.17, 15) is 22.0 Å². The Balaban J connectivity index is 1.58. The maximum absolute atomic E-state index is 14.7. The lowest BCUT2D eigenvalue weighted by atomic mass is 9.97. The minimum Gasteiger partial charge on any atom is -0.204 e. The Labute approximate surface area is 200 Å². The molecule has 5 heteroatoms. The van der Waals surface area contributed by atoms with Crippen LogP contribution in [0.1, 0.15) is 33.4 Å². The van der Waals surface area contributed by atoms with Crippen molar-refractivity contribution in [1.29, 1.82) is 0 Å². The van der Waals surface area contributed by atoms with Crippen LogP contribution in [0.5, 0.6) is 0 Å². The smallest absolute Gasteiger partial charge is 0.194 e. The molecule has 0 nitrogen and oxygen atoms in total. The molecule has 0 aliphatic heterocycles. The molecule has 0 N–H and O–H groups in total. The van der Waals surface area contributed by atoms with Gasteiger partial charge in [-0.05, 0) is 73.0 Å². The third-order valence-electron chi connectivity index (χ3n) is 5.51. The molecule has 4 rings (SSSR count). The Morgan fingerprint density at radius 1 is 0.600 bits per heavy atom. The van der Waals surface area contributed by atoms with Gasteiger partial charge in [-0.15, -0.1) is 0 Å². The topological polar surface area (TPSA) is 0 Å². The summed E-state index contributed by atoms with van der Waals surface area (Å²) in [6.45, 7) is 3.76. The van der Waals surface area contributed by atoms with Crippen molar-refractivity contribution < 1.29 is 22.0 Å². The lowest BCUT2D eigenvalue weighted by Crippen LogP contribution is -1.94. The lowest BCUT2D eigenvalue weighted by molar-refractivity contribution is 0.446. The summed E-state index contributed by atoms with van der Waals surface area (Å²) in [5, 5.41) is 0. The highest BCUT2D eigenvalue weighted by atomic mass is 19.2. The van der Waals surface area contributed by atoms with E-state index in [0.29, 0.717) is 17.7 Å². The zero-order valence-electron chi connectivity index (χ0n) is 18.9. The summed E-state index contributed by atoms with van der Waals surface area (Å²) >= 11 is 0. The molecule has 0 bridgehead atoms. The van der Waals surface area contributed by atoms with E-state index in [0.717, 1.165) is 27.8 Å². The molecule has 0 amide bonds. The summed E-state index contributed by atoms with van der Waals surface area (Å²) in [6, 6.07) is 20.7. The lowest BCUT2D eigenvalue weighted by Gasteiger charge is -2.09. The second-order valence-electron chi connectivity index (χ2n) is 8.10. The molecular formula is C30H19F5. The van der Waals surface area contributed by atoms with Gasteiger partial charge in [0.1, 0.15) is 0 Å². The van der Waals surface area contributed by atoms with Gasteiger partial charge in [0.15, 0.2) is 29.1 Å². The number of halogens is 5. The van der Waals surface area contributed by atoms with Gasteiger partial charge >= 0.3 is 0 Å². The first-order valence-corrected chi connectivity index (χ1v) is 10.7. The summed E-state index contributed by atoms with van der Waals surface area (Å²) in [5.74, 6) is -1.49. The van der Waals surface area contributed by atoms with Crippen LogP contribution in [-0.4, -0.2) is 0 Å². The summed E-state index contributed by atoms with van der Waals surface area (Å²) in [6.07, 6.45) is 0. The first-order chi connectivity index (χ1) is 16.7. The van der Waals surface area contributed by atoms with Crippen molar-refractivity contribution in [3.8, 4) is 23.0 Å². The summed E-state index contributed by atoms with van der Waals surface area (Å²) in [7, 11) is 0. The molecular weight excluding hydrogens is 455 g/mol. The SMILES string of the molecule is Cc1ccc(C#Cc2ccc(-c3ccc(/C(F)=C(\F)c4cc(F)c(F)c(F)c4)cc3C)cc2)cc1. The number of aryl methyl sites for hydroxylation is 2. The highest BCUT2D eigenvalue weighted by molar-refractivity contribution is 5.84. The van der Waals surface area contributed by atoms with Crippen molar-refractivity contribution in [2.75, 3.05) is 0 Å². The molecule has 0 aliphatic carbocycles. The molecule has 0 fully saturated rings. The van der Waals surface area contributed by atoms with Crippen LogP contribution in [-0.2, 0) is 0 Å². The van der Waals surface area contributed by atoms with Crippen LogP contribution in [0.25, 0.3) is 22.8 Å². The Kier molecular flexibility index (Phi) is 6.84. The van der Waals surface area contributed by atoms with Crippen LogP contribution in [0.4, 0.5) is 22.0 Å². The number of rotatable bonds is 3. The van der Waals surface area contributed by atoms with Gasteiger partial charge in [-0.25, -0.2) is 22.0 Å². The molecule has 4 aromatic rings. The van der Waals surface area contributed by atoms with Gasteiger partial charge in [0.2, 0.25) is 0 Å². The van der Waals surface area contributed by atoms with Gasteiger partial charge in [-0.3, -0.25) is 0 Å². The van der Waals surface area contributed by atoms with E-state index in [2.05, 4.69) is 11.8 Å². The van der Waals surface area contributed by atoms with Gasteiger partial charge in [0.05, 0.1) is 0 Å². The predicted molar refractivity (Wildman–Crippen MR) is 129 cm³/mol. The predicted octanol–water partition coefficient (Wildman–Crippen LogP) is 8.55. The van der Waals surface area contributed by atoms with E-state index in [1.165, 1.54) is 12.1 Å². The van der Waals surface area contributed by atoms with E-state index >= 15 is 0 Å². The van der Waals surface area contributed by atoms with Crippen molar-refractivity contribution in [3.63, 3.8) is 0 Å². The first-order valence-electron chi connectivity index (χ1n) is 10.7.